The summed E-state index contributed by atoms with van der Waals surface area (Å²) >= 11 is 0. The molecule has 0 aromatic rings. The van der Waals surface area contributed by atoms with Gasteiger partial charge >= 0.3 is 11.9 Å². The van der Waals surface area contributed by atoms with Crippen LogP contribution in [0.4, 0.5) is 0 Å². The lowest BCUT2D eigenvalue weighted by atomic mass is 10.00. The predicted octanol–water partition coefficient (Wildman–Crippen LogP) is -0.563. The smallest absolute Gasteiger partial charge is 0.305 e. The van der Waals surface area contributed by atoms with E-state index in [0.717, 1.165) is 6.92 Å². The fourth-order valence-corrected chi connectivity index (χ4v) is 1.91. The van der Waals surface area contributed by atoms with Crippen LogP contribution in [0.5, 0.6) is 0 Å². The highest BCUT2D eigenvalue weighted by atomic mass is 16.7. The summed E-state index contributed by atoms with van der Waals surface area (Å²) in [5, 5.41) is 0. The Balaban J connectivity index is 2.97. The van der Waals surface area contributed by atoms with E-state index in [2.05, 4.69) is 0 Å². The summed E-state index contributed by atoms with van der Waals surface area (Å²) < 4.78 is 25.2. The third kappa shape index (κ3) is 3.99. The van der Waals surface area contributed by atoms with Crippen LogP contribution >= 0.6 is 0 Å². The summed E-state index contributed by atoms with van der Waals surface area (Å²) in [6.45, 7) is 2.40. The van der Waals surface area contributed by atoms with Crippen molar-refractivity contribution < 1.29 is 38.1 Å². The van der Waals surface area contributed by atoms with Gasteiger partial charge in [-0.25, -0.2) is 0 Å². The monoisotopic (exact) mass is 290 g/mol. The molecule has 0 N–H and O–H groups in total. The summed E-state index contributed by atoms with van der Waals surface area (Å²) in [7, 11) is 2.79. The number of hydrogen-bond acceptors (Lipinski definition) is 8. The number of esters is 2. The van der Waals surface area contributed by atoms with E-state index in [0.29, 0.717) is 0 Å². The zero-order valence-electron chi connectivity index (χ0n) is 11.8. The highest BCUT2D eigenvalue weighted by Crippen LogP contribution is 2.23. The topological polar surface area (TPSA) is 97.4 Å². The lowest BCUT2D eigenvalue weighted by molar-refractivity contribution is -0.244. The normalized spacial score (nSPS) is 29.9. The van der Waals surface area contributed by atoms with Crippen molar-refractivity contribution in [2.24, 2.45) is 0 Å². The Morgan fingerprint density at radius 2 is 1.75 bits per heavy atom. The van der Waals surface area contributed by atoms with Crippen LogP contribution in [0.2, 0.25) is 0 Å². The standard InChI is InChI=1S/C12H18O8/c1-6(13)18-11-9(15)12(19-7(2)14)20-8(5-16-3)10(11)17-4/h8,10-12H,5H2,1-4H3/t8-,10-,11-,12+/m1/s1. The van der Waals surface area contributed by atoms with Gasteiger partial charge in [0, 0.05) is 28.1 Å². The molecule has 4 atom stereocenters. The van der Waals surface area contributed by atoms with Crippen molar-refractivity contribution in [1.82, 2.24) is 0 Å². The predicted molar refractivity (Wildman–Crippen MR) is 63.7 cm³/mol. The minimum absolute atomic E-state index is 0.0846. The minimum atomic E-state index is -1.44. The number of rotatable bonds is 5. The van der Waals surface area contributed by atoms with Crippen molar-refractivity contribution in [3.05, 3.63) is 0 Å². The van der Waals surface area contributed by atoms with Crippen LogP contribution in [0.15, 0.2) is 0 Å². The van der Waals surface area contributed by atoms with E-state index in [9.17, 15) is 14.4 Å². The van der Waals surface area contributed by atoms with Gasteiger partial charge in [-0.1, -0.05) is 0 Å². The van der Waals surface area contributed by atoms with Crippen LogP contribution in [-0.2, 0) is 38.1 Å². The van der Waals surface area contributed by atoms with E-state index >= 15 is 0 Å². The highest BCUT2D eigenvalue weighted by Gasteiger charge is 2.49. The molecule has 1 aliphatic heterocycles. The number of carbonyl (C=O) groups is 3. The molecule has 0 aromatic carbocycles. The van der Waals surface area contributed by atoms with Gasteiger partial charge in [0.25, 0.3) is 6.29 Å². The van der Waals surface area contributed by atoms with Crippen LogP contribution in [0.3, 0.4) is 0 Å². The molecule has 0 radical (unpaired) electrons. The van der Waals surface area contributed by atoms with Crippen molar-refractivity contribution in [3.8, 4) is 0 Å². The summed E-state index contributed by atoms with van der Waals surface area (Å²) in [6, 6.07) is 0. The first-order valence-corrected chi connectivity index (χ1v) is 5.96. The Labute approximate surface area is 116 Å². The first kappa shape index (κ1) is 16.5. The number of Topliss-reactive ketones (excluding diaryl/α,β-unsaturated/α-hetero) is 1. The molecule has 0 spiro atoms. The second-order valence-corrected chi connectivity index (χ2v) is 4.20. The van der Waals surface area contributed by atoms with Crippen LogP contribution in [0.25, 0.3) is 0 Å². The van der Waals surface area contributed by atoms with Crippen LogP contribution in [0.1, 0.15) is 13.8 Å². The molecule has 0 aromatic heterocycles. The first-order valence-electron chi connectivity index (χ1n) is 5.96. The molecule has 1 fully saturated rings. The summed E-state index contributed by atoms with van der Waals surface area (Å²) in [4.78, 5) is 34.2. The van der Waals surface area contributed by atoms with Gasteiger partial charge in [-0.05, 0) is 0 Å². The molecular weight excluding hydrogens is 272 g/mol. The molecule has 0 amide bonds. The van der Waals surface area contributed by atoms with Gasteiger partial charge in [0.1, 0.15) is 12.2 Å². The summed E-state index contributed by atoms with van der Waals surface area (Å²) in [6.07, 6.45) is -4.20. The maximum Gasteiger partial charge on any atom is 0.305 e. The zero-order chi connectivity index (χ0) is 15.3. The largest absolute Gasteiger partial charge is 0.451 e. The van der Waals surface area contributed by atoms with E-state index in [4.69, 9.17) is 23.7 Å². The van der Waals surface area contributed by atoms with Crippen molar-refractivity contribution in [2.75, 3.05) is 20.8 Å². The van der Waals surface area contributed by atoms with Gasteiger partial charge in [-0.15, -0.1) is 0 Å². The van der Waals surface area contributed by atoms with Crippen molar-refractivity contribution in [1.29, 1.82) is 0 Å². The molecule has 0 unspecified atom stereocenters. The van der Waals surface area contributed by atoms with E-state index in [-0.39, 0.29) is 6.61 Å². The quantitative estimate of drug-likeness (QED) is 0.621. The number of ether oxygens (including phenoxy) is 5. The molecule has 0 aliphatic carbocycles. The molecule has 1 rings (SSSR count). The molecule has 0 saturated carbocycles. The third-order valence-electron chi connectivity index (χ3n) is 2.64. The van der Waals surface area contributed by atoms with E-state index in [1.807, 2.05) is 0 Å². The number of methoxy groups -OCH3 is 2. The molecule has 0 bridgehead atoms. The SMILES string of the molecule is COC[C@H]1O[C@H](OC(C)=O)C(=O)[C@@H](OC(C)=O)[C@@H]1OC. The fraction of sp³-hybridized carbons (Fsp3) is 0.750. The highest BCUT2D eigenvalue weighted by molar-refractivity contribution is 5.90. The van der Waals surface area contributed by atoms with Crippen molar-refractivity contribution in [3.63, 3.8) is 0 Å². The average molecular weight is 290 g/mol. The fourth-order valence-electron chi connectivity index (χ4n) is 1.91. The van der Waals surface area contributed by atoms with Crippen molar-refractivity contribution >= 4 is 17.7 Å². The van der Waals surface area contributed by atoms with Gasteiger partial charge in [0.05, 0.1) is 6.61 Å². The summed E-state index contributed by atoms with van der Waals surface area (Å²) in [5.41, 5.74) is 0. The first-order chi connectivity index (χ1) is 9.40. The van der Waals surface area contributed by atoms with E-state index in [1.165, 1.54) is 21.1 Å². The van der Waals surface area contributed by atoms with Gasteiger partial charge in [-0.3, -0.25) is 14.4 Å². The zero-order valence-corrected chi connectivity index (χ0v) is 11.8. The lowest BCUT2D eigenvalue weighted by Gasteiger charge is -2.38. The van der Waals surface area contributed by atoms with Crippen LogP contribution in [-0.4, -0.2) is 63.2 Å². The second-order valence-electron chi connectivity index (χ2n) is 4.20. The molecule has 114 valence electrons. The third-order valence-corrected chi connectivity index (χ3v) is 2.64. The Morgan fingerprint density at radius 1 is 1.15 bits per heavy atom. The molecule has 8 heteroatoms. The number of ketones is 1. The van der Waals surface area contributed by atoms with E-state index < -0.39 is 42.3 Å². The molecule has 1 heterocycles. The number of carbonyl (C=O) groups excluding carboxylic acids is 3. The Kier molecular flexibility index (Phi) is 6.05. The Bertz CT molecular complexity index is 380. The van der Waals surface area contributed by atoms with Crippen molar-refractivity contribution in [2.45, 2.75) is 38.4 Å². The summed E-state index contributed by atoms with van der Waals surface area (Å²) in [5.74, 6) is -2.02. The Morgan fingerprint density at radius 3 is 2.20 bits per heavy atom. The van der Waals surface area contributed by atoms with Gasteiger partial charge < -0.3 is 23.7 Å². The van der Waals surface area contributed by atoms with Gasteiger partial charge in [0.2, 0.25) is 5.78 Å². The maximum atomic E-state index is 12.1. The number of hydrogen-bond donors (Lipinski definition) is 0. The molecule has 20 heavy (non-hydrogen) atoms. The molecule has 1 saturated heterocycles. The Hall–Kier alpha value is -1.51. The maximum absolute atomic E-state index is 12.1. The van der Waals surface area contributed by atoms with Gasteiger partial charge in [0.15, 0.2) is 6.10 Å². The second kappa shape index (κ2) is 7.32. The minimum Gasteiger partial charge on any atom is -0.451 e. The lowest BCUT2D eigenvalue weighted by Crippen LogP contribution is -2.59. The average Bonchev–Trinajstić information content (AvgIpc) is 2.34. The molecule has 8 nitrogen and oxygen atoms in total. The van der Waals surface area contributed by atoms with Crippen LogP contribution in [0, 0.1) is 0 Å². The molecular formula is C12H18O8. The van der Waals surface area contributed by atoms with E-state index in [1.54, 1.807) is 0 Å². The van der Waals surface area contributed by atoms with Crippen LogP contribution < -0.4 is 0 Å². The van der Waals surface area contributed by atoms with Gasteiger partial charge in [-0.2, -0.15) is 0 Å². The molecule has 1 aliphatic rings.